The van der Waals surface area contributed by atoms with Crippen molar-refractivity contribution in [1.29, 1.82) is 0 Å². The van der Waals surface area contributed by atoms with Gasteiger partial charge in [-0.15, -0.1) is 0 Å². The Kier molecular flexibility index (Phi) is 3.78. The van der Waals surface area contributed by atoms with Crippen molar-refractivity contribution in [2.24, 2.45) is 0 Å². The molecule has 1 heterocycles. The van der Waals surface area contributed by atoms with Crippen LogP contribution in [0.25, 0.3) is 5.57 Å². The van der Waals surface area contributed by atoms with Crippen molar-refractivity contribution in [2.75, 3.05) is 0 Å². The van der Waals surface area contributed by atoms with Crippen molar-refractivity contribution >= 4 is 27.4 Å². The second-order valence-corrected chi connectivity index (χ2v) is 7.45. The summed E-state index contributed by atoms with van der Waals surface area (Å²) in [5, 5.41) is 13.5. The minimum absolute atomic E-state index is 0.0513. The molecule has 1 fully saturated rings. The Balaban J connectivity index is 2.08. The molecule has 3 rings (SSSR count). The van der Waals surface area contributed by atoms with Gasteiger partial charge in [0, 0.05) is 17.3 Å². The first-order valence-corrected chi connectivity index (χ1v) is 8.36. The van der Waals surface area contributed by atoms with E-state index < -0.39 is 11.5 Å². The highest BCUT2D eigenvalue weighted by Gasteiger charge is 2.52. The molecule has 0 saturated heterocycles. The van der Waals surface area contributed by atoms with E-state index in [9.17, 15) is 18.7 Å². The number of nitrogens with one attached hydrogen (secondary N) is 1. The minimum atomic E-state index is -2.72. The molecule has 0 unspecified atom stereocenters. The van der Waals surface area contributed by atoms with Gasteiger partial charge < -0.3 is 10.4 Å². The van der Waals surface area contributed by atoms with E-state index in [-0.39, 0.29) is 42.9 Å². The van der Waals surface area contributed by atoms with Gasteiger partial charge in [-0.25, -0.2) is 8.78 Å². The largest absolute Gasteiger partial charge is 0.509 e. The Bertz CT molecular complexity index is 694. The van der Waals surface area contributed by atoms with Crippen LogP contribution in [-0.4, -0.2) is 22.5 Å². The van der Waals surface area contributed by atoms with E-state index in [4.69, 9.17) is 0 Å². The molecule has 1 spiro atoms. The van der Waals surface area contributed by atoms with Crippen molar-refractivity contribution in [3.8, 4) is 0 Å². The van der Waals surface area contributed by atoms with E-state index in [1.54, 1.807) is 0 Å². The van der Waals surface area contributed by atoms with Gasteiger partial charge in [0.05, 0.1) is 11.1 Å². The molecular weight excluding hydrogens is 368 g/mol. The zero-order valence-electron chi connectivity index (χ0n) is 13.0. The molecule has 1 aliphatic carbocycles. The Hall–Kier alpha value is -1.43. The van der Waals surface area contributed by atoms with E-state index in [0.717, 1.165) is 15.6 Å². The van der Waals surface area contributed by atoms with Gasteiger partial charge in [0.2, 0.25) is 5.92 Å². The average molecular weight is 386 g/mol. The highest BCUT2D eigenvalue weighted by molar-refractivity contribution is 9.10. The number of aryl methyl sites for hydroxylation is 2. The normalized spacial score (nSPS) is 22.6. The monoisotopic (exact) mass is 385 g/mol. The third-order valence-electron chi connectivity index (χ3n) is 4.85. The summed E-state index contributed by atoms with van der Waals surface area (Å²) in [7, 11) is 0. The number of hydrogen-bond donors (Lipinski definition) is 2. The van der Waals surface area contributed by atoms with Crippen LogP contribution in [0.3, 0.4) is 0 Å². The number of halogens is 3. The number of aliphatic hydroxyl groups excluding tert-OH is 1. The van der Waals surface area contributed by atoms with Gasteiger partial charge in [0.15, 0.2) is 0 Å². The Morgan fingerprint density at radius 2 is 1.65 bits per heavy atom. The van der Waals surface area contributed by atoms with E-state index in [2.05, 4.69) is 21.2 Å². The van der Waals surface area contributed by atoms with Crippen LogP contribution in [0, 0.1) is 13.8 Å². The van der Waals surface area contributed by atoms with E-state index in [1.165, 1.54) is 0 Å². The highest BCUT2D eigenvalue weighted by Crippen LogP contribution is 2.46. The fourth-order valence-corrected chi connectivity index (χ4v) is 4.31. The predicted octanol–water partition coefficient (Wildman–Crippen LogP) is 4.41. The topological polar surface area (TPSA) is 49.3 Å². The Morgan fingerprint density at radius 3 is 2.17 bits per heavy atom. The molecule has 6 heteroatoms. The second-order valence-electron chi connectivity index (χ2n) is 6.53. The predicted molar refractivity (Wildman–Crippen MR) is 87.5 cm³/mol. The number of carbonyl (C=O) groups excluding carboxylic acids is 1. The molecule has 3 nitrogen and oxygen atoms in total. The summed E-state index contributed by atoms with van der Waals surface area (Å²) in [5.41, 5.74) is 1.56. The van der Waals surface area contributed by atoms with Gasteiger partial charge in [-0.3, -0.25) is 4.79 Å². The third-order valence-corrected chi connectivity index (χ3v) is 5.31. The summed E-state index contributed by atoms with van der Waals surface area (Å²) in [6.45, 7) is 3.72. The quantitative estimate of drug-likeness (QED) is 0.751. The van der Waals surface area contributed by atoms with Crippen molar-refractivity contribution < 1.29 is 18.7 Å². The summed E-state index contributed by atoms with van der Waals surface area (Å²) in [6, 6.07) is 3.74. The van der Waals surface area contributed by atoms with Crippen molar-refractivity contribution in [2.45, 2.75) is 51.0 Å². The molecular formula is C17H18BrF2NO2. The zero-order chi connectivity index (χ0) is 17.0. The lowest BCUT2D eigenvalue weighted by Crippen LogP contribution is -2.49. The van der Waals surface area contributed by atoms with E-state index in [1.807, 2.05) is 26.0 Å². The van der Waals surface area contributed by atoms with Crippen LogP contribution in [0.2, 0.25) is 0 Å². The SMILES string of the molecule is Cc1cc(Br)cc(C)c1C1=C(O)C2(CCC(F)(F)CC2)NC1=O. The van der Waals surface area contributed by atoms with E-state index in [0.29, 0.717) is 5.56 Å². The summed E-state index contributed by atoms with van der Waals surface area (Å²) in [4.78, 5) is 12.5. The molecule has 2 N–H and O–H groups in total. The van der Waals surface area contributed by atoms with Crippen LogP contribution in [-0.2, 0) is 4.79 Å². The lowest BCUT2D eigenvalue weighted by Gasteiger charge is -2.36. The number of benzene rings is 1. The minimum Gasteiger partial charge on any atom is -0.509 e. The molecule has 1 saturated carbocycles. The summed E-state index contributed by atoms with van der Waals surface area (Å²) >= 11 is 3.41. The second kappa shape index (κ2) is 5.30. The van der Waals surface area contributed by atoms with Gasteiger partial charge in [0.1, 0.15) is 5.76 Å². The van der Waals surface area contributed by atoms with Gasteiger partial charge in [0.25, 0.3) is 5.91 Å². The first kappa shape index (κ1) is 16.4. The zero-order valence-corrected chi connectivity index (χ0v) is 14.6. The number of carbonyl (C=O) groups is 1. The first-order chi connectivity index (χ1) is 10.7. The molecule has 1 amide bonds. The lowest BCUT2D eigenvalue weighted by molar-refractivity contribution is -0.117. The first-order valence-electron chi connectivity index (χ1n) is 7.56. The van der Waals surface area contributed by atoms with Crippen molar-refractivity contribution in [1.82, 2.24) is 5.32 Å². The van der Waals surface area contributed by atoms with E-state index >= 15 is 0 Å². The number of amides is 1. The number of aliphatic hydroxyl groups is 1. The summed E-state index contributed by atoms with van der Waals surface area (Å²) < 4.78 is 27.8. The maximum Gasteiger partial charge on any atom is 0.256 e. The van der Waals surface area contributed by atoms with Gasteiger partial charge in [-0.05, 0) is 55.5 Å². The molecule has 0 bridgehead atoms. The molecule has 23 heavy (non-hydrogen) atoms. The van der Waals surface area contributed by atoms with Crippen LogP contribution >= 0.6 is 15.9 Å². The molecule has 1 aliphatic heterocycles. The van der Waals surface area contributed by atoms with Gasteiger partial charge in [-0.1, -0.05) is 15.9 Å². The molecule has 0 atom stereocenters. The molecule has 0 radical (unpaired) electrons. The van der Waals surface area contributed by atoms with Crippen molar-refractivity contribution in [3.05, 3.63) is 39.1 Å². The highest BCUT2D eigenvalue weighted by atomic mass is 79.9. The maximum absolute atomic E-state index is 13.4. The molecule has 1 aromatic carbocycles. The molecule has 0 aromatic heterocycles. The van der Waals surface area contributed by atoms with Crippen LogP contribution in [0.5, 0.6) is 0 Å². The fourth-order valence-electron chi connectivity index (χ4n) is 3.63. The fraction of sp³-hybridized carbons (Fsp3) is 0.471. The molecule has 124 valence electrons. The Morgan fingerprint density at radius 1 is 1.13 bits per heavy atom. The van der Waals surface area contributed by atoms with Crippen LogP contribution < -0.4 is 5.32 Å². The summed E-state index contributed by atoms with van der Waals surface area (Å²) in [5.74, 6) is -3.20. The van der Waals surface area contributed by atoms with Crippen LogP contribution in [0.4, 0.5) is 8.78 Å². The number of rotatable bonds is 1. The lowest BCUT2D eigenvalue weighted by atomic mass is 9.78. The molecule has 2 aliphatic rings. The molecule has 1 aromatic rings. The smallest absolute Gasteiger partial charge is 0.256 e. The van der Waals surface area contributed by atoms with Crippen LogP contribution in [0.1, 0.15) is 42.4 Å². The summed E-state index contributed by atoms with van der Waals surface area (Å²) in [6.07, 6.45) is -0.558. The average Bonchev–Trinajstić information content (AvgIpc) is 2.66. The van der Waals surface area contributed by atoms with Gasteiger partial charge >= 0.3 is 0 Å². The maximum atomic E-state index is 13.4. The number of hydrogen-bond acceptors (Lipinski definition) is 2. The number of alkyl halides is 2. The van der Waals surface area contributed by atoms with Crippen LogP contribution in [0.15, 0.2) is 22.4 Å². The third kappa shape index (κ3) is 2.67. The van der Waals surface area contributed by atoms with Crippen molar-refractivity contribution in [3.63, 3.8) is 0 Å². The standard InChI is InChI=1S/C17H18BrF2NO2/c1-9-7-11(18)8-10(2)12(9)13-14(22)16(21-15(13)23)3-5-17(19,20)6-4-16/h7-8,22H,3-6H2,1-2H3,(H,21,23). The Labute approximate surface area is 141 Å². The van der Waals surface area contributed by atoms with Gasteiger partial charge in [-0.2, -0.15) is 0 Å².